The predicted molar refractivity (Wildman–Crippen MR) is 118 cm³/mol. The summed E-state index contributed by atoms with van der Waals surface area (Å²) in [7, 11) is 0. The van der Waals surface area contributed by atoms with E-state index in [-0.39, 0.29) is 0 Å². The number of aromatic nitrogens is 1. The molecule has 1 N–H and O–H groups in total. The van der Waals surface area contributed by atoms with Gasteiger partial charge < -0.3 is 4.57 Å². The first-order valence-electron chi connectivity index (χ1n) is 9.35. The van der Waals surface area contributed by atoms with Crippen LogP contribution in [0.15, 0.2) is 41.5 Å². The van der Waals surface area contributed by atoms with Gasteiger partial charge >= 0.3 is 0 Å². The van der Waals surface area contributed by atoms with Gasteiger partial charge in [0, 0.05) is 21.8 Å². The van der Waals surface area contributed by atoms with E-state index in [0.29, 0.717) is 11.1 Å². The smallest absolute Gasteiger partial charge is 0.261 e. The zero-order valence-corrected chi connectivity index (χ0v) is 18.0. The Balaban J connectivity index is 1.84. The second-order valence-electron chi connectivity index (χ2n) is 6.94. The van der Waals surface area contributed by atoms with Crippen molar-refractivity contribution < 1.29 is 4.79 Å². The van der Waals surface area contributed by atoms with Crippen LogP contribution in [0.4, 0.5) is 0 Å². The van der Waals surface area contributed by atoms with Crippen molar-refractivity contribution >= 4 is 23.5 Å². The van der Waals surface area contributed by atoms with Gasteiger partial charge in [-0.25, -0.2) is 5.43 Å². The molecule has 7 heteroatoms. The van der Waals surface area contributed by atoms with Gasteiger partial charge in [0.15, 0.2) is 5.92 Å². The van der Waals surface area contributed by atoms with Crippen molar-refractivity contribution in [3.8, 4) is 17.1 Å². The second kappa shape index (κ2) is 8.77. The summed E-state index contributed by atoms with van der Waals surface area (Å²) in [6, 6.07) is 15.2. The molecule has 6 nitrogen and oxygen atoms in total. The van der Waals surface area contributed by atoms with Crippen molar-refractivity contribution in [2.75, 3.05) is 0 Å². The lowest BCUT2D eigenvalue weighted by atomic mass is 10.0. The summed E-state index contributed by atoms with van der Waals surface area (Å²) in [6.45, 7) is 7.88. The molecule has 1 amide bonds. The van der Waals surface area contributed by atoms with Crippen molar-refractivity contribution in [3.05, 3.63) is 74.9 Å². The number of aryl methyl sites for hydroxylation is 2. The molecule has 0 radical (unpaired) electrons. The molecule has 3 rings (SSSR count). The maximum absolute atomic E-state index is 12.4. The summed E-state index contributed by atoms with van der Waals surface area (Å²) in [5, 5.41) is 23.9. The van der Waals surface area contributed by atoms with Crippen LogP contribution in [0.3, 0.4) is 0 Å². The van der Waals surface area contributed by atoms with E-state index in [4.69, 9.17) is 0 Å². The Labute approximate surface area is 179 Å². The molecule has 1 atom stereocenters. The van der Waals surface area contributed by atoms with Crippen molar-refractivity contribution in [2.24, 2.45) is 5.10 Å². The molecule has 0 bridgehead atoms. The van der Waals surface area contributed by atoms with Gasteiger partial charge in [-0.2, -0.15) is 15.6 Å². The van der Waals surface area contributed by atoms with E-state index in [1.807, 2.05) is 50.5 Å². The molecule has 2 heterocycles. The van der Waals surface area contributed by atoms with Crippen molar-refractivity contribution in [1.82, 2.24) is 9.99 Å². The van der Waals surface area contributed by atoms with E-state index in [0.717, 1.165) is 32.4 Å². The molecule has 3 aromatic rings. The third kappa shape index (κ3) is 3.89. The molecule has 0 unspecified atom stereocenters. The van der Waals surface area contributed by atoms with Gasteiger partial charge in [-0.15, -0.1) is 11.3 Å². The number of nitrogens with zero attached hydrogens (tertiary/aromatic N) is 4. The van der Waals surface area contributed by atoms with Crippen molar-refractivity contribution in [2.45, 2.75) is 33.6 Å². The Hall–Kier alpha value is -3.68. The molecule has 2 aromatic heterocycles. The SMILES string of the molecule is Cc1sc(-n2c(C)cc(/C=N\NC(=O)[C@H](C#N)c3ccccc3)c2C)c(C#N)c1C. The van der Waals surface area contributed by atoms with E-state index in [1.165, 1.54) is 0 Å². The quantitative estimate of drug-likeness (QED) is 0.494. The van der Waals surface area contributed by atoms with E-state index in [2.05, 4.69) is 16.6 Å². The molecule has 0 aliphatic rings. The third-order valence-electron chi connectivity index (χ3n) is 5.05. The van der Waals surface area contributed by atoms with E-state index >= 15 is 0 Å². The number of hydrogen-bond acceptors (Lipinski definition) is 5. The normalized spacial score (nSPS) is 11.8. The fourth-order valence-corrected chi connectivity index (χ4v) is 4.51. The van der Waals surface area contributed by atoms with Crippen LogP contribution in [0.5, 0.6) is 0 Å². The molecule has 0 fully saturated rings. The number of amides is 1. The monoisotopic (exact) mass is 415 g/mol. The Morgan fingerprint density at radius 1 is 1.20 bits per heavy atom. The summed E-state index contributed by atoms with van der Waals surface area (Å²) in [5.41, 5.74) is 7.47. The van der Waals surface area contributed by atoms with Gasteiger partial charge in [0.25, 0.3) is 5.91 Å². The molecule has 30 heavy (non-hydrogen) atoms. The number of carbonyl (C=O) groups is 1. The van der Waals surface area contributed by atoms with Crippen LogP contribution in [-0.2, 0) is 4.79 Å². The minimum absolute atomic E-state index is 0.481. The van der Waals surface area contributed by atoms with Gasteiger partial charge in [0.05, 0.1) is 17.8 Å². The van der Waals surface area contributed by atoms with Crippen molar-refractivity contribution in [1.29, 1.82) is 10.5 Å². The van der Waals surface area contributed by atoms with E-state index < -0.39 is 11.8 Å². The molecule has 0 aliphatic heterocycles. The maximum Gasteiger partial charge on any atom is 0.261 e. The molecule has 0 saturated heterocycles. The van der Waals surface area contributed by atoms with Gasteiger partial charge in [-0.3, -0.25) is 4.79 Å². The highest BCUT2D eigenvalue weighted by Gasteiger charge is 2.20. The van der Waals surface area contributed by atoms with Gasteiger partial charge in [-0.05, 0) is 44.9 Å². The predicted octanol–water partition coefficient (Wildman–Crippen LogP) is 4.40. The van der Waals surface area contributed by atoms with Gasteiger partial charge in [0.1, 0.15) is 11.1 Å². The average Bonchev–Trinajstić information content (AvgIpc) is 3.17. The largest absolute Gasteiger partial charge is 0.308 e. The van der Waals surface area contributed by atoms with Crippen LogP contribution >= 0.6 is 11.3 Å². The number of hydrazone groups is 1. The lowest BCUT2D eigenvalue weighted by Gasteiger charge is -2.08. The van der Waals surface area contributed by atoms with E-state index in [9.17, 15) is 15.3 Å². The molecular formula is C23H21N5OS. The van der Waals surface area contributed by atoms with Crippen LogP contribution in [0.1, 0.15) is 44.4 Å². The fourth-order valence-electron chi connectivity index (χ4n) is 3.29. The summed E-state index contributed by atoms with van der Waals surface area (Å²) in [5.74, 6) is -1.41. The standard InChI is InChI=1S/C23H21N5OS/c1-14-10-19(16(3)28(14)23-20(11-24)15(2)17(4)30-23)13-26-27-22(29)21(12-25)18-8-6-5-7-9-18/h5-10,13,21H,1-4H3,(H,27,29)/b26-13-/t21-/m1/s1. The summed E-state index contributed by atoms with van der Waals surface area (Å²) in [4.78, 5) is 13.5. The molecule has 0 spiro atoms. The maximum atomic E-state index is 12.4. The highest BCUT2D eigenvalue weighted by atomic mass is 32.1. The van der Waals surface area contributed by atoms with Gasteiger partial charge in [-0.1, -0.05) is 30.3 Å². The van der Waals surface area contributed by atoms with Crippen LogP contribution in [0, 0.1) is 50.4 Å². The lowest BCUT2D eigenvalue weighted by Crippen LogP contribution is -2.24. The first kappa shape index (κ1) is 21.0. The molecule has 0 aliphatic carbocycles. The molecule has 150 valence electrons. The van der Waals surface area contributed by atoms with Gasteiger partial charge in [0.2, 0.25) is 0 Å². The minimum atomic E-state index is -0.925. The number of hydrogen-bond donors (Lipinski definition) is 1. The van der Waals surface area contributed by atoms with Crippen LogP contribution in [0.2, 0.25) is 0 Å². The van der Waals surface area contributed by atoms with Crippen molar-refractivity contribution in [3.63, 3.8) is 0 Å². The number of benzene rings is 1. The first-order valence-corrected chi connectivity index (χ1v) is 10.2. The Bertz CT molecular complexity index is 1210. The number of thiophene rings is 1. The third-order valence-corrected chi connectivity index (χ3v) is 6.25. The fraction of sp³-hybridized carbons (Fsp3) is 0.217. The highest BCUT2D eigenvalue weighted by Crippen LogP contribution is 2.33. The Morgan fingerprint density at radius 2 is 1.90 bits per heavy atom. The summed E-state index contributed by atoms with van der Waals surface area (Å²) in [6.07, 6.45) is 1.57. The number of nitriles is 2. The Morgan fingerprint density at radius 3 is 2.53 bits per heavy atom. The number of nitrogens with one attached hydrogen (secondary N) is 1. The molecule has 1 aromatic carbocycles. The molecular weight excluding hydrogens is 394 g/mol. The Kier molecular flexibility index (Phi) is 6.15. The van der Waals surface area contributed by atoms with Crippen LogP contribution in [0.25, 0.3) is 5.00 Å². The lowest BCUT2D eigenvalue weighted by molar-refractivity contribution is -0.121. The summed E-state index contributed by atoms with van der Waals surface area (Å²) >= 11 is 1.58. The second-order valence-corrected chi connectivity index (χ2v) is 8.15. The highest BCUT2D eigenvalue weighted by molar-refractivity contribution is 7.14. The first-order chi connectivity index (χ1) is 14.4. The minimum Gasteiger partial charge on any atom is -0.308 e. The number of carbonyl (C=O) groups excluding carboxylic acids is 1. The molecule has 0 saturated carbocycles. The van der Waals surface area contributed by atoms with E-state index in [1.54, 1.807) is 41.8 Å². The van der Waals surface area contributed by atoms with Crippen LogP contribution < -0.4 is 5.43 Å². The zero-order chi connectivity index (χ0) is 21.8. The number of rotatable bonds is 5. The zero-order valence-electron chi connectivity index (χ0n) is 17.2. The summed E-state index contributed by atoms with van der Waals surface area (Å²) < 4.78 is 2.04. The van der Waals surface area contributed by atoms with Crippen LogP contribution in [-0.4, -0.2) is 16.7 Å². The topological polar surface area (TPSA) is 94.0 Å². The average molecular weight is 416 g/mol.